The fourth-order valence-corrected chi connectivity index (χ4v) is 5.92. The number of aliphatic carboxylic acids is 1. The minimum absolute atomic E-state index is 0.0373. The summed E-state index contributed by atoms with van der Waals surface area (Å²) in [7, 11) is 2.98. The first kappa shape index (κ1) is 27.4. The molecule has 0 aliphatic carbocycles. The molecule has 0 saturated heterocycles. The second-order valence-electron chi connectivity index (χ2n) is 9.70. The van der Waals surface area contributed by atoms with E-state index in [2.05, 4.69) is 9.97 Å². The summed E-state index contributed by atoms with van der Waals surface area (Å²) in [6.07, 6.45) is 1.71. The third-order valence-corrected chi connectivity index (χ3v) is 7.69. The second-order valence-corrected chi connectivity index (χ2v) is 9.70. The summed E-state index contributed by atoms with van der Waals surface area (Å²) < 4.78 is 11.4. The van der Waals surface area contributed by atoms with Crippen LogP contribution in [0.5, 0.6) is 11.5 Å². The van der Waals surface area contributed by atoms with Gasteiger partial charge in [-0.2, -0.15) is 4.98 Å². The number of benzene rings is 3. The van der Waals surface area contributed by atoms with Crippen LogP contribution in [0.15, 0.2) is 72.9 Å². The van der Waals surface area contributed by atoms with E-state index in [-0.39, 0.29) is 35.1 Å². The standard InChI is InChI=1S/C31H31N5O5/c1-4-36-22-13-9-10-18(16-19-17-34-30(33)35-28(19)32)25(22)27(37)31(29(38)39,21-12-6-8-15-24(21)41-3)26(36)20-11-5-7-14-23(20)40-2/h5-15,17,26H,4,16H2,1-3H3,(H,38,39)(H4,32,33,34,35). The zero-order valence-electron chi connectivity index (χ0n) is 23.0. The molecule has 2 heterocycles. The van der Waals surface area contributed by atoms with Crippen molar-refractivity contribution in [2.45, 2.75) is 24.8 Å². The Kier molecular flexibility index (Phi) is 7.23. The van der Waals surface area contributed by atoms with Crippen molar-refractivity contribution in [1.29, 1.82) is 0 Å². The van der Waals surface area contributed by atoms with Crippen LogP contribution in [0, 0.1) is 0 Å². The molecule has 1 aromatic heterocycles. The summed E-state index contributed by atoms with van der Waals surface area (Å²) in [6.45, 7) is 2.32. The predicted molar refractivity (Wildman–Crippen MR) is 155 cm³/mol. The maximum atomic E-state index is 15.1. The Bertz CT molecular complexity index is 1640. The van der Waals surface area contributed by atoms with E-state index in [0.717, 1.165) is 0 Å². The maximum absolute atomic E-state index is 15.1. The van der Waals surface area contributed by atoms with E-state index in [1.165, 1.54) is 20.4 Å². The number of carbonyl (C=O) groups excluding carboxylic acids is 1. The quantitative estimate of drug-likeness (QED) is 0.272. The van der Waals surface area contributed by atoms with Gasteiger partial charge in [-0.05, 0) is 30.7 Å². The SMILES string of the molecule is CCN1c2cccc(Cc3cnc(N)nc3N)c2C(=O)C(C(=O)O)(c2ccccc2OC)C1c1ccccc1OC. The number of methoxy groups -OCH3 is 2. The van der Waals surface area contributed by atoms with Crippen molar-refractivity contribution in [3.8, 4) is 11.5 Å². The van der Waals surface area contributed by atoms with Crippen molar-refractivity contribution < 1.29 is 24.2 Å². The number of anilines is 3. The fourth-order valence-electron chi connectivity index (χ4n) is 5.92. The zero-order chi connectivity index (χ0) is 29.3. The fraction of sp³-hybridized carbons (Fsp3) is 0.226. The lowest BCUT2D eigenvalue weighted by molar-refractivity contribution is -0.143. The Morgan fingerprint density at radius 2 is 1.66 bits per heavy atom. The highest BCUT2D eigenvalue weighted by Crippen LogP contribution is 2.55. The Balaban J connectivity index is 1.87. The summed E-state index contributed by atoms with van der Waals surface area (Å²) in [6, 6.07) is 18.4. The first-order chi connectivity index (χ1) is 19.8. The number of carboxylic acid groups (broad SMARTS) is 1. The first-order valence-corrected chi connectivity index (χ1v) is 13.1. The number of hydrogen-bond acceptors (Lipinski definition) is 9. The van der Waals surface area contributed by atoms with Crippen LogP contribution < -0.4 is 25.8 Å². The number of carbonyl (C=O) groups is 2. The van der Waals surface area contributed by atoms with Gasteiger partial charge in [0.15, 0.2) is 11.2 Å². The first-order valence-electron chi connectivity index (χ1n) is 13.1. The molecule has 5 rings (SSSR count). The number of nitrogen functional groups attached to an aromatic ring is 2. The van der Waals surface area contributed by atoms with Gasteiger partial charge in [0.1, 0.15) is 17.3 Å². The lowest BCUT2D eigenvalue weighted by Gasteiger charge is -2.49. The number of ether oxygens (including phenoxy) is 2. The Labute approximate surface area is 237 Å². The van der Waals surface area contributed by atoms with Gasteiger partial charge in [0.05, 0.1) is 20.3 Å². The number of rotatable bonds is 8. The summed E-state index contributed by atoms with van der Waals surface area (Å²) in [4.78, 5) is 38.9. The molecule has 3 aromatic carbocycles. The van der Waals surface area contributed by atoms with Gasteiger partial charge >= 0.3 is 5.97 Å². The molecule has 0 saturated carbocycles. The van der Waals surface area contributed by atoms with Crippen LogP contribution in [0.4, 0.5) is 17.5 Å². The van der Waals surface area contributed by atoms with Gasteiger partial charge in [-0.1, -0.05) is 48.5 Å². The Morgan fingerprint density at radius 1 is 0.976 bits per heavy atom. The number of nitrogens with zero attached hydrogens (tertiary/aromatic N) is 3. The normalized spacial score (nSPS) is 18.1. The summed E-state index contributed by atoms with van der Waals surface area (Å²) in [5.74, 6) is -0.901. The molecular formula is C31H31N5O5. The minimum Gasteiger partial charge on any atom is -0.496 e. The summed E-state index contributed by atoms with van der Waals surface area (Å²) in [5, 5.41) is 11.2. The molecule has 0 bridgehead atoms. The van der Waals surface area contributed by atoms with Gasteiger partial charge in [-0.3, -0.25) is 9.59 Å². The number of ketones is 1. The highest BCUT2D eigenvalue weighted by Gasteiger charge is 2.62. The molecule has 0 amide bonds. The molecule has 10 nitrogen and oxygen atoms in total. The lowest BCUT2D eigenvalue weighted by Crippen LogP contribution is -2.58. The number of fused-ring (bicyclic) bond motifs is 1. The molecule has 0 fully saturated rings. The van der Waals surface area contributed by atoms with E-state index in [4.69, 9.17) is 20.9 Å². The molecule has 1 aliphatic rings. The van der Waals surface area contributed by atoms with Gasteiger partial charge in [0, 0.05) is 47.1 Å². The molecule has 210 valence electrons. The van der Waals surface area contributed by atoms with E-state index in [9.17, 15) is 9.90 Å². The van der Waals surface area contributed by atoms with Crippen LogP contribution in [-0.2, 0) is 16.6 Å². The van der Waals surface area contributed by atoms with Crippen molar-refractivity contribution in [3.05, 3.63) is 101 Å². The van der Waals surface area contributed by atoms with Crippen LogP contribution in [0.1, 0.15) is 45.6 Å². The molecule has 0 spiro atoms. The molecule has 5 N–H and O–H groups in total. The van der Waals surface area contributed by atoms with Crippen molar-refractivity contribution >= 4 is 29.2 Å². The van der Waals surface area contributed by atoms with E-state index < -0.39 is 23.2 Å². The van der Waals surface area contributed by atoms with Gasteiger partial charge in [0.25, 0.3) is 0 Å². The Hall–Kier alpha value is -5.12. The van der Waals surface area contributed by atoms with Crippen LogP contribution in [-0.4, -0.2) is 47.6 Å². The van der Waals surface area contributed by atoms with Crippen molar-refractivity contribution in [2.24, 2.45) is 0 Å². The highest BCUT2D eigenvalue weighted by molar-refractivity contribution is 6.22. The van der Waals surface area contributed by atoms with Crippen molar-refractivity contribution in [2.75, 3.05) is 37.1 Å². The summed E-state index contributed by atoms with van der Waals surface area (Å²) >= 11 is 0. The number of hydrogen-bond donors (Lipinski definition) is 3. The molecule has 0 radical (unpaired) electrons. The molecule has 1 aliphatic heterocycles. The van der Waals surface area contributed by atoms with Gasteiger partial charge in [0.2, 0.25) is 5.95 Å². The maximum Gasteiger partial charge on any atom is 0.324 e. The zero-order valence-corrected chi connectivity index (χ0v) is 23.0. The third kappa shape index (κ3) is 4.28. The van der Waals surface area contributed by atoms with Crippen LogP contribution in [0.25, 0.3) is 0 Å². The van der Waals surface area contributed by atoms with E-state index in [1.54, 1.807) is 54.6 Å². The number of likely N-dealkylation sites (N-methyl/N-ethyl adjacent to an activating group) is 1. The number of nitrogens with two attached hydrogens (primary N) is 2. The Morgan fingerprint density at radius 3 is 2.32 bits per heavy atom. The van der Waals surface area contributed by atoms with E-state index in [0.29, 0.717) is 34.7 Å². The van der Waals surface area contributed by atoms with Gasteiger partial charge in [-0.15, -0.1) is 0 Å². The average Bonchev–Trinajstić information content (AvgIpc) is 2.98. The van der Waals surface area contributed by atoms with Crippen LogP contribution in [0.2, 0.25) is 0 Å². The summed E-state index contributed by atoms with van der Waals surface area (Å²) in [5.41, 5.74) is 12.6. The van der Waals surface area contributed by atoms with Crippen molar-refractivity contribution in [1.82, 2.24) is 9.97 Å². The lowest BCUT2D eigenvalue weighted by atomic mass is 9.63. The topological polar surface area (TPSA) is 154 Å². The molecule has 41 heavy (non-hydrogen) atoms. The second kappa shape index (κ2) is 10.8. The van der Waals surface area contributed by atoms with Crippen molar-refractivity contribution in [3.63, 3.8) is 0 Å². The number of Topliss-reactive ketones (excluding diaryl/α,β-unsaturated/α-hetero) is 1. The minimum atomic E-state index is -2.11. The number of para-hydroxylation sites is 2. The molecule has 2 unspecified atom stereocenters. The van der Waals surface area contributed by atoms with Gasteiger partial charge in [-0.25, -0.2) is 4.98 Å². The van der Waals surface area contributed by atoms with Crippen LogP contribution in [0.3, 0.4) is 0 Å². The molecule has 10 heteroatoms. The molecular weight excluding hydrogens is 522 g/mol. The smallest absolute Gasteiger partial charge is 0.324 e. The molecule has 4 aromatic rings. The predicted octanol–water partition coefficient (Wildman–Crippen LogP) is 4.04. The monoisotopic (exact) mass is 553 g/mol. The van der Waals surface area contributed by atoms with E-state index >= 15 is 4.79 Å². The number of carboxylic acids is 1. The molecule has 2 atom stereocenters. The van der Waals surface area contributed by atoms with E-state index in [1.807, 2.05) is 24.0 Å². The largest absolute Gasteiger partial charge is 0.496 e. The number of aromatic nitrogens is 2. The van der Waals surface area contributed by atoms with Gasteiger partial charge < -0.3 is 30.9 Å². The average molecular weight is 554 g/mol. The van der Waals surface area contributed by atoms with Crippen LogP contribution >= 0.6 is 0 Å². The highest BCUT2D eigenvalue weighted by atomic mass is 16.5. The third-order valence-electron chi connectivity index (χ3n) is 7.69.